The van der Waals surface area contributed by atoms with E-state index in [1.807, 2.05) is 6.07 Å². The number of anilines is 2. The summed E-state index contributed by atoms with van der Waals surface area (Å²) in [6.45, 7) is 3.68. The molecule has 2 aromatic carbocycles. The van der Waals surface area contributed by atoms with Crippen molar-refractivity contribution in [3.63, 3.8) is 0 Å². The van der Waals surface area contributed by atoms with Crippen LogP contribution < -0.4 is 15.5 Å². The Kier molecular flexibility index (Phi) is 7.57. The van der Waals surface area contributed by atoms with Gasteiger partial charge in [-0.2, -0.15) is 0 Å². The lowest BCUT2D eigenvalue weighted by molar-refractivity contribution is -0.122. The van der Waals surface area contributed by atoms with Crippen molar-refractivity contribution < 1.29 is 4.79 Å². The van der Waals surface area contributed by atoms with Crippen molar-refractivity contribution in [1.82, 2.24) is 10.6 Å². The van der Waals surface area contributed by atoms with Crippen LogP contribution in [0.15, 0.2) is 54.6 Å². The molecule has 4 rings (SSSR count). The van der Waals surface area contributed by atoms with Crippen LogP contribution in [0, 0.1) is 5.92 Å². The molecular formula is C24H32ClN3O. The van der Waals surface area contributed by atoms with Crippen LogP contribution in [0.4, 0.5) is 11.4 Å². The number of rotatable bonds is 7. The largest absolute Gasteiger partial charge is 0.352 e. The van der Waals surface area contributed by atoms with Crippen molar-refractivity contribution in [2.45, 2.75) is 57.7 Å². The summed E-state index contributed by atoms with van der Waals surface area (Å²) < 4.78 is 0. The number of nitrogens with one attached hydrogen (secondary N) is 2. The first-order valence-corrected chi connectivity index (χ1v) is 10.7. The first-order valence-electron chi connectivity index (χ1n) is 10.7. The lowest BCUT2D eigenvalue weighted by Gasteiger charge is -2.28. The Labute approximate surface area is 180 Å². The molecule has 2 atom stereocenters. The normalized spacial score (nSPS) is 22.6. The fourth-order valence-electron chi connectivity index (χ4n) is 4.79. The van der Waals surface area contributed by atoms with Crippen molar-refractivity contribution in [3.8, 4) is 0 Å². The van der Waals surface area contributed by atoms with Gasteiger partial charge in [0.25, 0.3) is 0 Å². The highest BCUT2D eigenvalue weighted by Gasteiger charge is 2.34. The van der Waals surface area contributed by atoms with E-state index in [1.165, 1.54) is 24.2 Å². The predicted octanol–water partition coefficient (Wildman–Crippen LogP) is 4.80. The zero-order valence-corrected chi connectivity index (χ0v) is 18.0. The summed E-state index contributed by atoms with van der Waals surface area (Å²) in [6.07, 6.45) is 5.56. The number of amides is 1. The number of benzene rings is 2. The molecule has 0 spiro atoms. The molecule has 5 heteroatoms. The molecule has 0 aromatic heterocycles. The van der Waals surface area contributed by atoms with Crippen molar-refractivity contribution in [2.75, 3.05) is 11.4 Å². The topological polar surface area (TPSA) is 44.4 Å². The first kappa shape index (κ1) is 21.7. The number of hydrogen-bond donors (Lipinski definition) is 2. The van der Waals surface area contributed by atoms with Crippen molar-refractivity contribution in [3.05, 3.63) is 60.2 Å². The summed E-state index contributed by atoms with van der Waals surface area (Å²) in [6, 6.07) is 20.2. The lowest BCUT2D eigenvalue weighted by Crippen LogP contribution is -2.39. The van der Waals surface area contributed by atoms with E-state index in [9.17, 15) is 4.79 Å². The third-order valence-corrected chi connectivity index (χ3v) is 6.17. The Morgan fingerprint density at radius 3 is 2.24 bits per heavy atom. The van der Waals surface area contributed by atoms with Crippen LogP contribution >= 0.6 is 12.4 Å². The Morgan fingerprint density at radius 2 is 1.62 bits per heavy atom. The minimum absolute atomic E-state index is 0. The fourth-order valence-corrected chi connectivity index (χ4v) is 4.79. The van der Waals surface area contributed by atoms with Gasteiger partial charge in [-0.05, 0) is 68.4 Å². The maximum absolute atomic E-state index is 12.4. The average molecular weight is 414 g/mol. The number of halogens is 1. The van der Waals surface area contributed by atoms with Gasteiger partial charge in [0.15, 0.2) is 0 Å². The molecule has 2 fully saturated rings. The number of fused-ring (bicyclic) bond motifs is 2. The minimum atomic E-state index is 0. The number of nitrogens with zero attached hydrogens (tertiary/aromatic N) is 1. The van der Waals surface area contributed by atoms with E-state index >= 15 is 0 Å². The second-order valence-corrected chi connectivity index (χ2v) is 8.20. The van der Waals surface area contributed by atoms with Crippen LogP contribution in [0.5, 0.6) is 0 Å². The second-order valence-electron chi connectivity index (χ2n) is 8.20. The summed E-state index contributed by atoms with van der Waals surface area (Å²) in [5, 5.41) is 6.76. The molecule has 0 aliphatic carbocycles. The van der Waals surface area contributed by atoms with E-state index in [0.717, 1.165) is 24.9 Å². The summed E-state index contributed by atoms with van der Waals surface area (Å²) in [5.74, 6) is 0.736. The number of para-hydroxylation sites is 1. The van der Waals surface area contributed by atoms with Crippen LogP contribution in [0.25, 0.3) is 0 Å². The molecule has 0 saturated carbocycles. The zero-order chi connectivity index (χ0) is 19.3. The Balaban J connectivity index is 0.00000240. The van der Waals surface area contributed by atoms with Gasteiger partial charge in [-0.15, -0.1) is 12.4 Å². The van der Waals surface area contributed by atoms with Gasteiger partial charge in [-0.25, -0.2) is 0 Å². The number of carbonyl (C=O) groups excluding carboxylic acids is 1. The molecule has 2 N–H and O–H groups in total. The van der Waals surface area contributed by atoms with Crippen molar-refractivity contribution >= 4 is 29.7 Å². The van der Waals surface area contributed by atoms with Crippen LogP contribution in [0.2, 0.25) is 0 Å². The smallest absolute Gasteiger partial charge is 0.220 e. The Bertz CT molecular complexity index is 768. The Hall–Kier alpha value is -2.04. The molecule has 2 aromatic rings. The summed E-state index contributed by atoms with van der Waals surface area (Å²) >= 11 is 0. The van der Waals surface area contributed by atoms with E-state index in [-0.39, 0.29) is 18.3 Å². The lowest BCUT2D eigenvalue weighted by atomic mass is 9.89. The first-order chi connectivity index (χ1) is 13.7. The maximum Gasteiger partial charge on any atom is 0.220 e. The zero-order valence-electron chi connectivity index (χ0n) is 17.1. The summed E-state index contributed by atoms with van der Waals surface area (Å²) in [7, 11) is 0. The number of piperidine rings is 1. The van der Waals surface area contributed by atoms with Gasteiger partial charge in [-0.3, -0.25) is 4.79 Å². The quantitative estimate of drug-likeness (QED) is 0.685. The van der Waals surface area contributed by atoms with Crippen molar-refractivity contribution in [2.24, 2.45) is 5.92 Å². The molecule has 29 heavy (non-hydrogen) atoms. The molecule has 0 radical (unpaired) electrons. The third kappa shape index (κ3) is 5.52. The average Bonchev–Trinajstić information content (AvgIpc) is 3.07. The molecule has 2 bridgehead atoms. The molecule has 4 nitrogen and oxygen atoms in total. The Morgan fingerprint density at radius 1 is 1.00 bits per heavy atom. The standard InChI is InChI=1S/C24H31N3O.ClH/c1-2-27(22-6-4-3-5-7-22)23-12-8-18(9-13-23)17-25-24(28)16-19-14-20-10-11-21(15-19)26-20;/h3-9,12-13,19-21,26H,2,10-11,14-17H2,1H3,(H,25,28);1H. The van der Waals surface area contributed by atoms with E-state index < -0.39 is 0 Å². The molecule has 2 unspecified atom stereocenters. The molecule has 2 heterocycles. The van der Waals surface area contributed by atoms with Gasteiger partial charge in [-0.1, -0.05) is 30.3 Å². The van der Waals surface area contributed by atoms with Gasteiger partial charge in [0.2, 0.25) is 5.91 Å². The van der Waals surface area contributed by atoms with Gasteiger partial charge in [0.1, 0.15) is 0 Å². The second kappa shape index (κ2) is 10.1. The van der Waals surface area contributed by atoms with Gasteiger partial charge >= 0.3 is 0 Å². The van der Waals surface area contributed by atoms with E-state index in [0.29, 0.717) is 31.0 Å². The van der Waals surface area contributed by atoms with Crippen LogP contribution in [0.1, 0.15) is 44.6 Å². The predicted molar refractivity (Wildman–Crippen MR) is 122 cm³/mol. The highest BCUT2D eigenvalue weighted by molar-refractivity contribution is 5.85. The maximum atomic E-state index is 12.4. The molecule has 156 valence electrons. The fraction of sp³-hybridized carbons (Fsp3) is 0.458. The van der Waals surface area contributed by atoms with E-state index in [2.05, 4.69) is 71.0 Å². The van der Waals surface area contributed by atoms with Gasteiger partial charge < -0.3 is 15.5 Å². The van der Waals surface area contributed by atoms with Crippen LogP contribution in [0.3, 0.4) is 0 Å². The monoisotopic (exact) mass is 413 g/mol. The number of carbonyl (C=O) groups is 1. The highest BCUT2D eigenvalue weighted by atomic mass is 35.5. The van der Waals surface area contributed by atoms with Crippen LogP contribution in [-0.2, 0) is 11.3 Å². The third-order valence-electron chi connectivity index (χ3n) is 6.17. The molecular weight excluding hydrogens is 382 g/mol. The summed E-state index contributed by atoms with van der Waals surface area (Å²) in [4.78, 5) is 14.7. The number of hydrogen-bond acceptors (Lipinski definition) is 3. The van der Waals surface area contributed by atoms with E-state index in [1.54, 1.807) is 0 Å². The van der Waals surface area contributed by atoms with Crippen molar-refractivity contribution in [1.29, 1.82) is 0 Å². The van der Waals surface area contributed by atoms with Gasteiger partial charge in [0.05, 0.1) is 0 Å². The van der Waals surface area contributed by atoms with Gasteiger partial charge in [0, 0.05) is 43.0 Å². The molecule has 2 saturated heterocycles. The molecule has 2 aliphatic rings. The minimum Gasteiger partial charge on any atom is -0.352 e. The summed E-state index contributed by atoms with van der Waals surface area (Å²) in [5.41, 5.74) is 3.52. The molecule has 1 amide bonds. The highest BCUT2D eigenvalue weighted by Crippen LogP contribution is 2.32. The SMILES string of the molecule is CCN(c1ccccc1)c1ccc(CNC(=O)CC2CC3CCC(C2)N3)cc1.Cl. The molecule has 2 aliphatic heterocycles. The van der Waals surface area contributed by atoms with Crippen LogP contribution in [-0.4, -0.2) is 24.5 Å². The van der Waals surface area contributed by atoms with E-state index in [4.69, 9.17) is 0 Å².